The van der Waals surface area contributed by atoms with E-state index in [4.69, 9.17) is 14.2 Å². The molecule has 2 aromatic rings. The zero-order valence-electron chi connectivity index (χ0n) is 14.0. The summed E-state index contributed by atoms with van der Waals surface area (Å²) in [5.41, 5.74) is 1.58. The molecule has 0 amide bonds. The van der Waals surface area contributed by atoms with Crippen molar-refractivity contribution in [3.8, 4) is 11.8 Å². The van der Waals surface area contributed by atoms with Crippen LogP contribution in [0.15, 0.2) is 47.4 Å². The minimum Gasteiger partial charge on any atom is -0.444 e. The minimum atomic E-state index is -3.98. The van der Waals surface area contributed by atoms with E-state index in [9.17, 15) is 13.2 Å². The van der Waals surface area contributed by atoms with Crippen molar-refractivity contribution in [2.75, 3.05) is 0 Å². The van der Waals surface area contributed by atoms with Crippen molar-refractivity contribution in [3.05, 3.63) is 59.2 Å². The number of nitrogens with zero attached hydrogens (tertiary/aromatic N) is 1. The van der Waals surface area contributed by atoms with Gasteiger partial charge in [-0.05, 0) is 62.2 Å². The van der Waals surface area contributed by atoms with E-state index in [-0.39, 0.29) is 16.2 Å². The molecule has 0 aliphatic rings. The predicted molar refractivity (Wildman–Crippen MR) is 90.7 cm³/mol. The normalized spacial score (nSPS) is 12.1. The Labute approximate surface area is 146 Å². The standard InChI is InChI=1S/C18H17NO5S/c1-12-4-5-13(2)17(10-12)25(21,22)24-16-8-6-15(7-9-16)18(20)23-14(3)11-19/h4-10,14H,1-3H3/t14-/m1/s1. The fourth-order valence-electron chi connectivity index (χ4n) is 2.05. The van der Waals surface area contributed by atoms with Crippen LogP contribution in [0.3, 0.4) is 0 Å². The average Bonchev–Trinajstić information content (AvgIpc) is 2.57. The Morgan fingerprint density at radius 3 is 2.36 bits per heavy atom. The highest BCUT2D eigenvalue weighted by atomic mass is 32.2. The molecule has 2 rings (SSSR count). The second-order valence-corrected chi connectivity index (χ2v) is 7.02. The molecule has 0 unspecified atom stereocenters. The first kappa shape index (κ1) is 18.5. The summed E-state index contributed by atoms with van der Waals surface area (Å²) in [4.78, 5) is 11.9. The van der Waals surface area contributed by atoms with Gasteiger partial charge < -0.3 is 8.92 Å². The molecule has 0 aliphatic carbocycles. The van der Waals surface area contributed by atoms with Crippen LogP contribution in [0.1, 0.15) is 28.4 Å². The van der Waals surface area contributed by atoms with E-state index in [2.05, 4.69) is 0 Å². The lowest BCUT2D eigenvalue weighted by molar-refractivity contribution is 0.0435. The number of esters is 1. The van der Waals surface area contributed by atoms with Crippen molar-refractivity contribution in [3.63, 3.8) is 0 Å². The van der Waals surface area contributed by atoms with E-state index >= 15 is 0 Å². The number of carbonyl (C=O) groups is 1. The van der Waals surface area contributed by atoms with Gasteiger partial charge in [0.2, 0.25) is 0 Å². The van der Waals surface area contributed by atoms with E-state index in [0.717, 1.165) is 5.56 Å². The van der Waals surface area contributed by atoms with Crippen molar-refractivity contribution >= 4 is 16.1 Å². The van der Waals surface area contributed by atoms with E-state index in [1.807, 2.05) is 6.07 Å². The fourth-order valence-corrected chi connectivity index (χ4v) is 3.30. The number of ether oxygens (including phenoxy) is 1. The molecule has 130 valence electrons. The summed E-state index contributed by atoms with van der Waals surface area (Å²) in [5, 5.41) is 8.64. The molecule has 25 heavy (non-hydrogen) atoms. The summed E-state index contributed by atoms with van der Waals surface area (Å²) in [6.45, 7) is 4.93. The van der Waals surface area contributed by atoms with Crippen LogP contribution in [0, 0.1) is 25.2 Å². The maximum Gasteiger partial charge on any atom is 0.339 e. The Bertz CT molecular complexity index is 927. The Balaban J connectivity index is 2.19. The summed E-state index contributed by atoms with van der Waals surface area (Å²) < 4.78 is 34.8. The molecule has 0 N–H and O–H groups in total. The average molecular weight is 359 g/mol. The molecule has 0 radical (unpaired) electrons. The van der Waals surface area contributed by atoms with Crippen LogP contribution < -0.4 is 4.18 Å². The van der Waals surface area contributed by atoms with Gasteiger partial charge in [-0.25, -0.2) is 4.79 Å². The Kier molecular flexibility index (Phi) is 5.45. The van der Waals surface area contributed by atoms with Gasteiger partial charge in [0.25, 0.3) is 0 Å². The molecular formula is C18H17NO5S. The van der Waals surface area contributed by atoms with E-state index in [1.54, 1.807) is 32.0 Å². The van der Waals surface area contributed by atoms with Crippen molar-refractivity contribution in [1.82, 2.24) is 0 Å². The highest BCUT2D eigenvalue weighted by Crippen LogP contribution is 2.23. The van der Waals surface area contributed by atoms with Gasteiger partial charge in [0.15, 0.2) is 6.10 Å². The third kappa shape index (κ3) is 4.58. The summed E-state index contributed by atoms with van der Waals surface area (Å²) in [7, 11) is -3.98. The lowest BCUT2D eigenvalue weighted by Gasteiger charge is -2.11. The highest BCUT2D eigenvalue weighted by Gasteiger charge is 2.20. The van der Waals surface area contributed by atoms with E-state index in [1.165, 1.54) is 31.2 Å². The van der Waals surface area contributed by atoms with Gasteiger partial charge in [-0.15, -0.1) is 0 Å². The molecule has 0 bridgehead atoms. The second kappa shape index (κ2) is 7.36. The summed E-state index contributed by atoms with van der Waals surface area (Å²) in [6, 6.07) is 12.3. The van der Waals surface area contributed by atoms with Crippen LogP contribution in [0.5, 0.6) is 5.75 Å². The summed E-state index contributed by atoms with van der Waals surface area (Å²) >= 11 is 0. The Morgan fingerprint density at radius 1 is 1.12 bits per heavy atom. The largest absolute Gasteiger partial charge is 0.444 e. The maximum atomic E-state index is 12.4. The Hall–Kier alpha value is -2.85. The molecule has 2 aromatic carbocycles. The molecule has 0 saturated carbocycles. The third-order valence-corrected chi connectivity index (χ3v) is 4.76. The molecular weight excluding hydrogens is 342 g/mol. The molecule has 0 heterocycles. The van der Waals surface area contributed by atoms with Crippen LogP contribution in [0.2, 0.25) is 0 Å². The third-order valence-electron chi connectivity index (χ3n) is 3.37. The molecule has 1 atom stereocenters. The quantitative estimate of drug-likeness (QED) is 0.601. The lowest BCUT2D eigenvalue weighted by atomic mass is 10.2. The number of hydrogen-bond acceptors (Lipinski definition) is 6. The lowest BCUT2D eigenvalue weighted by Crippen LogP contribution is -2.13. The number of nitriles is 1. The molecule has 0 saturated heterocycles. The smallest absolute Gasteiger partial charge is 0.339 e. The monoisotopic (exact) mass is 359 g/mol. The molecule has 6 nitrogen and oxygen atoms in total. The zero-order valence-corrected chi connectivity index (χ0v) is 14.8. The number of rotatable bonds is 5. The van der Waals surface area contributed by atoms with Gasteiger partial charge in [0, 0.05) is 0 Å². The van der Waals surface area contributed by atoms with Crippen LogP contribution in [0.25, 0.3) is 0 Å². The first-order valence-corrected chi connectivity index (χ1v) is 8.86. The van der Waals surface area contributed by atoms with Gasteiger partial charge in [0.05, 0.1) is 5.56 Å². The van der Waals surface area contributed by atoms with Crippen LogP contribution in [-0.4, -0.2) is 20.5 Å². The van der Waals surface area contributed by atoms with Gasteiger partial charge >= 0.3 is 16.1 Å². The van der Waals surface area contributed by atoms with Crippen LogP contribution in [-0.2, 0) is 14.9 Å². The highest BCUT2D eigenvalue weighted by molar-refractivity contribution is 7.87. The molecule has 0 spiro atoms. The molecule has 0 aliphatic heterocycles. The fraction of sp³-hybridized carbons (Fsp3) is 0.222. The maximum absolute atomic E-state index is 12.4. The van der Waals surface area contributed by atoms with Gasteiger partial charge in [-0.2, -0.15) is 13.7 Å². The van der Waals surface area contributed by atoms with Crippen LogP contribution >= 0.6 is 0 Å². The van der Waals surface area contributed by atoms with Gasteiger partial charge in [-0.1, -0.05) is 12.1 Å². The van der Waals surface area contributed by atoms with Crippen LogP contribution in [0.4, 0.5) is 0 Å². The zero-order chi connectivity index (χ0) is 18.6. The van der Waals surface area contributed by atoms with Gasteiger partial charge in [-0.3, -0.25) is 0 Å². The van der Waals surface area contributed by atoms with E-state index in [0.29, 0.717) is 5.56 Å². The van der Waals surface area contributed by atoms with Crippen molar-refractivity contribution in [1.29, 1.82) is 5.26 Å². The minimum absolute atomic E-state index is 0.0748. The predicted octanol–water partition coefficient (Wildman–Crippen LogP) is 3.14. The second-order valence-electron chi connectivity index (χ2n) is 5.51. The number of hydrogen-bond donors (Lipinski definition) is 0. The molecule has 7 heteroatoms. The van der Waals surface area contributed by atoms with Crippen molar-refractivity contribution in [2.45, 2.75) is 31.8 Å². The topological polar surface area (TPSA) is 93.5 Å². The number of carbonyl (C=O) groups excluding carboxylic acids is 1. The van der Waals surface area contributed by atoms with Crippen molar-refractivity contribution < 1.29 is 22.1 Å². The number of benzene rings is 2. The molecule has 0 fully saturated rings. The van der Waals surface area contributed by atoms with Crippen molar-refractivity contribution in [2.24, 2.45) is 0 Å². The van der Waals surface area contributed by atoms with Gasteiger partial charge in [0.1, 0.15) is 16.7 Å². The Morgan fingerprint density at radius 2 is 1.76 bits per heavy atom. The summed E-state index contributed by atoms with van der Waals surface area (Å²) in [5.74, 6) is -0.594. The number of aryl methyl sites for hydroxylation is 2. The first-order chi connectivity index (χ1) is 11.7. The molecule has 0 aromatic heterocycles. The summed E-state index contributed by atoms with van der Waals surface area (Å²) in [6.07, 6.45) is -0.868. The van der Waals surface area contributed by atoms with E-state index < -0.39 is 22.2 Å². The SMILES string of the molecule is Cc1ccc(C)c(S(=O)(=O)Oc2ccc(C(=O)O[C@H](C)C#N)cc2)c1. The first-order valence-electron chi connectivity index (χ1n) is 7.45.